The molecule has 0 saturated heterocycles. The molecule has 0 saturated carbocycles. The largest absolute Gasteiger partial charge is 0.479 e. The van der Waals surface area contributed by atoms with E-state index in [9.17, 15) is 9.59 Å². The third kappa shape index (κ3) is 4.88. The highest BCUT2D eigenvalue weighted by Gasteiger charge is 2.30. The van der Waals surface area contributed by atoms with Gasteiger partial charge in [-0.25, -0.2) is 0 Å². The minimum atomic E-state index is -0.433. The molecule has 0 N–H and O–H groups in total. The molecular weight excluding hydrogens is 434 g/mol. The Hall–Kier alpha value is -3.87. The SMILES string of the molecule is COc1cc(CCC(=O)Oc2ccc3c(c2C)O/C(=C\c2ccc(C(C)(C)C)cc2)C3=O)on1. The molecule has 34 heavy (non-hydrogen) atoms. The molecule has 0 radical (unpaired) electrons. The van der Waals surface area contributed by atoms with Crippen molar-refractivity contribution in [2.24, 2.45) is 0 Å². The molecule has 7 heteroatoms. The highest BCUT2D eigenvalue weighted by molar-refractivity contribution is 6.15. The molecule has 0 bridgehead atoms. The Labute approximate surface area is 198 Å². The maximum Gasteiger partial charge on any atom is 0.311 e. The summed E-state index contributed by atoms with van der Waals surface area (Å²) in [7, 11) is 1.49. The summed E-state index contributed by atoms with van der Waals surface area (Å²) in [4.78, 5) is 25.2. The molecule has 7 nitrogen and oxygen atoms in total. The standard InChI is InChI=1S/C27H27NO6/c1-16-21(32-24(29)13-10-19-15-23(31-5)28-34-19)12-11-20-25(30)22(33-26(16)20)14-17-6-8-18(9-7-17)27(2,3)4/h6-9,11-12,14-15H,10,13H2,1-5H3/b22-14-. The molecule has 0 fully saturated rings. The van der Waals surface area contributed by atoms with E-state index < -0.39 is 5.97 Å². The average Bonchev–Trinajstić information content (AvgIpc) is 3.39. The van der Waals surface area contributed by atoms with Crippen LogP contribution in [0.5, 0.6) is 17.4 Å². The van der Waals surface area contributed by atoms with Crippen LogP contribution < -0.4 is 14.2 Å². The van der Waals surface area contributed by atoms with E-state index in [0.29, 0.717) is 40.7 Å². The number of carbonyl (C=O) groups is 2. The van der Waals surface area contributed by atoms with Crippen LogP contribution in [0, 0.1) is 6.92 Å². The third-order valence-electron chi connectivity index (χ3n) is 5.66. The number of hydrogen-bond acceptors (Lipinski definition) is 7. The summed E-state index contributed by atoms with van der Waals surface area (Å²) < 4.78 is 21.5. The van der Waals surface area contributed by atoms with E-state index in [2.05, 4.69) is 38.1 Å². The van der Waals surface area contributed by atoms with Crippen molar-refractivity contribution in [3.05, 3.63) is 76.2 Å². The van der Waals surface area contributed by atoms with Crippen LogP contribution in [-0.4, -0.2) is 24.0 Å². The molecule has 0 unspecified atom stereocenters. The predicted molar refractivity (Wildman–Crippen MR) is 126 cm³/mol. The van der Waals surface area contributed by atoms with Gasteiger partial charge in [0.05, 0.1) is 19.1 Å². The topological polar surface area (TPSA) is 87.9 Å². The Kier molecular flexibility index (Phi) is 6.28. The van der Waals surface area contributed by atoms with Crippen molar-refractivity contribution in [3.63, 3.8) is 0 Å². The van der Waals surface area contributed by atoms with Gasteiger partial charge in [-0.2, -0.15) is 0 Å². The van der Waals surface area contributed by atoms with Crippen molar-refractivity contribution >= 4 is 17.8 Å². The van der Waals surface area contributed by atoms with E-state index in [1.165, 1.54) is 12.7 Å². The van der Waals surface area contributed by atoms with Crippen molar-refractivity contribution in [2.45, 2.75) is 46.0 Å². The van der Waals surface area contributed by atoms with Crippen LogP contribution in [0.2, 0.25) is 0 Å². The molecule has 176 valence electrons. The van der Waals surface area contributed by atoms with Crippen LogP contribution >= 0.6 is 0 Å². The van der Waals surface area contributed by atoms with Gasteiger partial charge in [0.2, 0.25) is 5.78 Å². The lowest BCUT2D eigenvalue weighted by Crippen LogP contribution is -2.10. The molecule has 0 atom stereocenters. The van der Waals surface area contributed by atoms with Crippen molar-refractivity contribution in [1.82, 2.24) is 5.16 Å². The fourth-order valence-electron chi connectivity index (χ4n) is 3.62. The number of aryl methyl sites for hydroxylation is 1. The van der Waals surface area contributed by atoms with Gasteiger partial charge in [0, 0.05) is 18.1 Å². The summed E-state index contributed by atoms with van der Waals surface area (Å²) in [6, 6.07) is 12.9. The number of esters is 1. The van der Waals surface area contributed by atoms with Gasteiger partial charge < -0.3 is 18.7 Å². The van der Waals surface area contributed by atoms with Gasteiger partial charge in [0.1, 0.15) is 17.3 Å². The van der Waals surface area contributed by atoms with Crippen molar-refractivity contribution < 1.29 is 28.3 Å². The highest BCUT2D eigenvalue weighted by Crippen LogP contribution is 2.39. The van der Waals surface area contributed by atoms with E-state index >= 15 is 0 Å². The Morgan fingerprint density at radius 3 is 2.50 bits per heavy atom. The molecule has 2 heterocycles. The van der Waals surface area contributed by atoms with Crippen LogP contribution in [0.3, 0.4) is 0 Å². The van der Waals surface area contributed by atoms with Crippen molar-refractivity contribution in [3.8, 4) is 17.4 Å². The number of Topliss-reactive ketones (excluding diaryl/α,β-unsaturated/α-hetero) is 1. The Balaban J connectivity index is 1.46. The number of methoxy groups -OCH3 is 1. The van der Waals surface area contributed by atoms with E-state index in [4.69, 9.17) is 18.7 Å². The van der Waals surface area contributed by atoms with Gasteiger partial charge in [-0.1, -0.05) is 45.0 Å². The minimum absolute atomic E-state index is 0.0498. The number of carbonyl (C=O) groups excluding carboxylic acids is 2. The number of allylic oxidation sites excluding steroid dienone is 1. The lowest BCUT2D eigenvalue weighted by atomic mass is 9.86. The Morgan fingerprint density at radius 1 is 1.12 bits per heavy atom. The third-order valence-corrected chi connectivity index (χ3v) is 5.66. The maximum absolute atomic E-state index is 12.9. The van der Waals surface area contributed by atoms with Crippen LogP contribution in [0.15, 0.2) is 52.7 Å². The smallest absolute Gasteiger partial charge is 0.311 e. The van der Waals surface area contributed by atoms with Gasteiger partial charge >= 0.3 is 5.97 Å². The summed E-state index contributed by atoms with van der Waals surface area (Å²) in [6.45, 7) is 8.22. The number of ketones is 1. The number of rotatable bonds is 6. The lowest BCUT2D eigenvalue weighted by molar-refractivity contribution is -0.134. The lowest BCUT2D eigenvalue weighted by Gasteiger charge is -2.18. The van der Waals surface area contributed by atoms with Gasteiger partial charge in [-0.15, -0.1) is 0 Å². The monoisotopic (exact) mass is 461 g/mol. The molecule has 0 amide bonds. The van der Waals surface area contributed by atoms with Gasteiger partial charge in [-0.3, -0.25) is 9.59 Å². The van der Waals surface area contributed by atoms with Crippen LogP contribution in [0.4, 0.5) is 0 Å². The van der Waals surface area contributed by atoms with Gasteiger partial charge in [0.25, 0.3) is 5.88 Å². The number of aromatic nitrogens is 1. The molecule has 0 spiro atoms. The number of hydrogen-bond donors (Lipinski definition) is 0. The summed E-state index contributed by atoms with van der Waals surface area (Å²) in [5, 5.41) is 3.71. The van der Waals surface area contributed by atoms with Crippen LogP contribution in [-0.2, 0) is 16.6 Å². The van der Waals surface area contributed by atoms with E-state index in [1.54, 1.807) is 31.2 Å². The second-order valence-corrected chi connectivity index (χ2v) is 9.19. The molecule has 4 rings (SSSR count). The molecule has 1 aliphatic heterocycles. The highest BCUT2D eigenvalue weighted by atomic mass is 16.5. The van der Waals surface area contributed by atoms with Crippen molar-refractivity contribution in [2.75, 3.05) is 7.11 Å². The summed E-state index contributed by atoms with van der Waals surface area (Å²) in [5.41, 5.74) is 3.17. The zero-order chi connectivity index (χ0) is 24.5. The summed E-state index contributed by atoms with van der Waals surface area (Å²) in [6.07, 6.45) is 2.16. The first-order valence-corrected chi connectivity index (χ1v) is 11.0. The molecular formula is C27H27NO6. The second kappa shape index (κ2) is 9.17. The molecule has 0 aliphatic carbocycles. The molecule has 1 aliphatic rings. The maximum atomic E-state index is 12.9. The number of benzene rings is 2. The molecule has 1 aromatic heterocycles. The second-order valence-electron chi connectivity index (χ2n) is 9.19. The first-order chi connectivity index (χ1) is 16.2. The minimum Gasteiger partial charge on any atom is -0.479 e. The van der Waals surface area contributed by atoms with E-state index in [-0.39, 0.29) is 23.4 Å². The fourth-order valence-corrected chi connectivity index (χ4v) is 3.62. The summed E-state index contributed by atoms with van der Waals surface area (Å²) >= 11 is 0. The van der Waals surface area contributed by atoms with Gasteiger partial charge in [0.15, 0.2) is 5.76 Å². The Morgan fingerprint density at radius 2 is 1.85 bits per heavy atom. The van der Waals surface area contributed by atoms with Crippen molar-refractivity contribution in [1.29, 1.82) is 0 Å². The predicted octanol–water partition coefficient (Wildman–Crippen LogP) is 5.44. The Bertz CT molecular complexity index is 1260. The molecule has 3 aromatic rings. The van der Waals surface area contributed by atoms with E-state index in [1.807, 2.05) is 12.1 Å². The number of nitrogens with zero attached hydrogens (tertiary/aromatic N) is 1. The van der Waals surface area contributed by atoms with Gasteiger partial charge in [-0.05, 0) is 46.8 Å². The zero-order valence-electron chi connectivity index (χ0n) is 19.9. The fraction of sp³-hybridized carbons (Fsp3) is 0.296. The van der Waals surface area contributed by atoms with Crippen LogP contribution in [0.25, 0.3) is 6.08 Å². The van der Waals surface area contributed by atoms with Crippen LogP contribution in [0.1, 0.15) is 60.0 Å². The number of ether oxygens (including phenoxy) is 3. The summed E-state index contributed by atoms with van der Waals surface area (Å²) in [5.74, 6) is 1.25. The molecule has 2 aromatic carbocycles. The normalized spacial score (nSPS) is 14.1. The quantitative estimate of drug-likeness (QED) is 0.274. The average molecular weight is 462 g/mol. The first-order valence-electron chi connectivity index (χ1n) is 11.0. The zero-order valence-corrected chi connectivity index (χ0v) is 19.9. The first kappa shape index (κ1) is 23.3. The van der Waals surface area contributed by atoms with E-state index in [0.717, 1.165) is 5.56 Å². The number of fused-ring (bicyclic) bond motifs is 1.